The van der Waals surface area contributed by atoms with E-state index in [1.54, 1.807) is 16.9 Å². The lowest BCUT2D eigenvalue weighted by molar-refractivity contribution is -0.120. The van der Waals surface area contributed by atoms with Gasteiger partial charge in [0.15, 0.2) is 5.65 Å². The predicted octanol–water partition coefficient (Wildman–Crippen LogP) is 2.99. The van der Waals surface area contributed by atoms with Gasteiger partial charge in [-0.3, -0.25) is 4.79 Å². The summed E-state index contributed by atoms with van der Waals surface area (Å²) in [5, 5.41) is 8.37. The summed E-state index contributed by atoms with van der Waals surface area (Å²) in [6, 6.07) is 6.12. The standard InChI is InChI=1S/C20H21N5O/c1-12-7-13(2)19-17(8-12)16(14(3)24-19)9-18(26)22-10-15-11-23-25-6-4-5-21-20(15)25/h4-8,11,24H,9-10H2,1-3H3,(H,22,26). The van der Waals surface area contributed by atoms with Crippen LogP contribution in [0.3, 0.4) is 0 Å². The number of aryl methyl sites for hydroxylation is 3. The Morgan fingerprint density at radius 1 is 1.27 bits per heavy atom. The molecule has 1 amide bonds. The van der Waals surface area contributed by atoms with Crippen LogP contribution in [0.1, 0.15) is 27.9 Å². The van der Waals surface area contributed by atoms with E-state index in [0.29, 0.717) is 13.0 Å². The van der Waals surface area contributed by atoms with Gasteiger partial charge in [0.05, 0.1) is 12.6 Å². The largest absolute Gasteiger partial charge is 0.358 e. The molecule has 4 aromatic rings. The number of carbonyl (C=O) groups is 1. The minimum Gasteiger partial charge on any atom is -0.358 e. The zero-order valence-electron chi connectivity index (χ0n) is 15.1. The van der Waals surface area contributed by atoms with Gasteiger partial charge in [0, 0.05) is 41.1 Å². The highest BCUT2D eigenvalue weighted by atomic mass is 16.1. The van der Waals surface area contributed by atoms with E-state index in [1.165, 1.54) is 11.1 Å². The van der Waals surface area contributed by atoms with Gasteiger partial charge >= 0.3 is 0 Å². The molecule has 0 atom stereocenters. The molecule has 6 nitrogen and oxygen atoms in total. The highest BCUT2D eigenvalue weighted by molar-refractivity contribution is 5.92. The second-order valence-electron chi connectivity index (χ2n) is 6.74. The molecule has 2 N–H and O–H groups in total. The first-order valence-corrected chi connectivity index (χ1v) is 8.65. The highest BCUT2D eigenvalue weighted by Crippen LogP contribution is 2.26. The lowest BCUT2D eigenvalue weighted by Crippen LogP contribution is -2.24. The summed E-state index contributed by atoms with van der Waals surface area (Å²) >= 11 is 0. The molecule has 0 saturated carbocycles. The Labute approximate surface area is 151 Å². The van der Waals surface area contributed by atoms with Crippen LogP contribution in [0, 0.1) is 20.8 Å². The first-order chi connectivity index (χ1) is 12.5. The molecular weight excluding hydrogens is 326 g/mol. The average Bonchev–Trinajstić information content (AvgIpc) is 3.16. The minimum atomic E-state index is -0.0107. The molecule has 1 aromatic carbocycles. The molecule has 3 heterocycles. The van der Waals surface area contributed by atoms with Crippen molar-refractivity contribution in [3.8, 4) is 0 Å². The fourth-order valence-electron chi connectivity index (χ4n) is 3.48. The Morgan fingerprint density at radius 3 is 2.96 bits per heavy atom. The summed E-state index contributed by atoms with van der Waals surface area (Å²) in [5.41, 5.74) is 7.29. The molecule has 0 radical (unpaired) electrons. The van der Waals surface area contributed by atoms with E-state index in [9.17, 15) is 4.79 Å². The van der Waals surface area contributed by atoms with Crippen LogP contribution in [0.4, 0.5) is 0 Å². The predicted molar refractivity (Wildman–Crippen MR) is 101 cm³/mol. The molecule has 26 heavy (non-hydrogen) atoms. The van der Waals surface area contributed by atoms with Crippen LogP contribution in [0.25, 0.3) is 16.6 Å². The zero-order chi connectivity index (χ0) is 18.3. The SMILES string of the molecule is Cc1cc(C)c2[nH]c(C)c(CC(=O)NCc3cnn4cccnc34)c2c1. The van der Waals surface area contributed by atoms with Crippen molar-refractivity contribution in [2.75, 3.05) is 0 Å². The molecule has 4 rings (SSSR count). The topological polar surface area (TPSA) is 75.1 Å². The number of rotatable bonds is 4. The molecule has 0 unspecified atom stereocenters. The summed E-state index contributed by atoms with van der Waals surface area (Å²) in [7, 11) is 0. The van der Waals surface area contributed by atoms with E-state index in [0.717, 1.165) is 33.4 Å². The molecule has 6 heteroatoms. The summed E-state index contributed by atoms with van der Waals surface area (Å²) in [6.07, 6.45) is 5.66. The second kappa shape index (κ2) is 6.29. The normalized spacial score (nSPS) is 11.3. The van der Waals surface area contributed by atoms with Gasteiger partial charge in [0.2, 0.25) is 5.91 Å². The Kier molecular flexibility index (Phi) is 3.95. The van der Waals surface area contributed by atoms with Crippen molar-refractivity contribution in [3.63, 3.8) is 0 Å². The van der Waals surface area contributed by atoms with E-state index in [-0.39, 0.29) is 5.91 Å². The number of aromatic amines is 1. The number of aromatic nitrogens is 4. The van der Waals surface area contributed by atoms with Gasteiger partial charge in [-0.2, -0.15) is 5.10 Å². The number of hydrogen-bond donors (Lipinski definition) is 2. The fraction of sp³-hybridized carbons (Fsp3) is 0.250. The third kappa shape index (κ3) is 2.83. The van der Waals surface area contributed by atoms with Crippen molar-refractivity contribution in [2.45, 2.75) is 33.7 Å². The molecular formula is C20H21N5O. The van der Waals surface area contributed by atoms with E-state index in [2.05, 4.69) is 46.4 Å². The molecule has 0 fully saturated rings. The summed E-state index contributed by atoms with van der Waals surface area (Å²) in [5.74, 6) is -0.0107. The Morgan fingerprint density at radius 2 is 2.12 bits per heavy atom. The van der Waals surface area contributed by atoms with Gasteiger partial charge < -0.3 is 10.3 Å². The summed E-state index contributed by atoms with van der Waals surface area (Å²) in [6.45, 7) is 6.61. The molecule has 0 aliphatic heterocycles. The van der Waals surface area contributed by atoms with Gasteiger partial charge in [0.1, 0.15) is 0 Å². The molecule has 0 aliphatic rings. The number of amides is 1. The molecule has 3 aromatic heterocycles. The average molecular weight is 347 g/mol. The van der Waals surface area contributed by atoms with Crippen LogP contribution < -0.4 is 5.32 Å². The van der Waals surface area contributed by atoms with Gasteiger partial charge in [0.25, 0.3) is 0 Å². The quantitative estimate of drug-likeness (QED) is 0.596. The lowest BCUT2D eigenvalue weighted by atomic mass is 10.0. The van der Waals surface area contributed by atoms with Crippen LogP contribution in [0.2, 0.25) is 0 Å². The molecule has 0 saturated heterocycles. The number of H-pyrrole nitrogens is 1. The van der Waals surface area contributed by atoms with E-state index in [4.69, 9.17) is 0 Å². The monoisotopic (exact) mass is 347 g/mol. The number of hydrogen-bond acceptors (Lipinski definition) is 3. The lowest BCUT2D eigenvalue weighted by Gasteiger charge is -2.06. The third-order valence-corrected chi connectivity index (χ3v) is 4.74. The van der Waals surface area contributed by atoms with E-state index in [1.807, 2.05) is 19.2 Å². The Bertz CT molecular complexity index is 1120. The summed E-state index contributed by atoms with van der Waals surface area (Å²) in [4.78, 5) is 20.3. The number of fused-ring (bicyclic) bond motifs is 2. The van der Waals surface area contributed by atoms with Gasteiger partial charge in [-0.05, 0) is 44.0 Å². The third-order valence-electron chi connectivity index (χ3n) is 4.74. The molecule has 0 aliphatic carbocycles. The van der Waals surface area contributed by atoms with Crippen LogP contribution in [0.15, 0.2) is 36.8 Å². The summed E-state index contributed by atoms with van der Waals surface area (Å²) < 4.78 is 1.71. The fourth-order valence-corrected chi connectivity index (χ4v) is 3.48. The van der Waals surface area contributed by atoms with Crippen molar-refractivity contribution in [2.24, 2.45) is 0 Å². The first kappa shape index (κ1) is 16.3. The number of nitrogens with zero attached hydrogens (tertiary/aromatic N) is 3. The van der Waals surface area contributed by atoms with Gasteiger partial charge in [-0.1, -0.05) is 11.6 Å². The molecule has 132 valence electrons. The smallest absolute Gasteiger partial charge is 0.224 e. The van der Waals surface area contributed by atoms with Gasteiger partial charge in [-0.15, -0.1) is 0 Å². The van der Waals surface area contributed by atoms with Crippen molar-refractivity contribution < 1.29 is 4.79 Å². The van der Waals surface area contributed by atoms with Crippen molar-refractivity contribution in [3.05, 3.63) is 64.7 Å². The van der Waals surface area contributed by atoms with Crippen molar-refractivity contribution in [1.82, 2.24) is 24.9 Å². The van der Waals surface area contributed by atoms with Crippen LogP contribution >= 0.6 is 0 Å². The van der Waals surface area contributed by atoms with E-state index >= 15 is 0 Å². The molecule has 0 bridgehead atoms. The number of nitrogens with one attached hydrogen (secondary N) is 2. The Hall–Kier alpha value is -3.15. The molecule has 0 spiro atoms. The first-order valence-electron chi connectivity index (χ1n) is 8.65. The maximum absolute atomic E-state index is 12.5. The van der Waals surface area contributed by atoms with Crippen LogP contribution in [0.5, 0.6) is 0 Å². The van der Waals surface area contributed by atoms with Crippen molar-refractivity contribution >= 4 is 22.5 Å². The Balaban J connectivity index is 1.53. The highest BCUT2D eigenvalue weighted by Gasteiger charge is 2.15. The van der Waals surface area contributed by atoms with Crippen LogP contribution in [-0.4, -0.2) is 25.5 Å². The van der Waals surface area contributed by atoms with Gasteiger partial charge in [-0.25, -0.2) is 9.50 Å². The number of carbonyl (C=O) groups excluding carboxylic acids is 1. The number of benzene rings is 1. The van der Waals surface area contributed by atoms with Crippen molar-refractivity contribution in [1.29, 1.82) is 0 Å². The zero-order valence-corrected chi connectivity index (χ0v) is 15.1. The minimum absolute atomic E-state index is 0.0107. The van der Waals surface area contributed by atoms with Crippen LogP contribution in [-0.2, 0) is 17.8 Å². The maximum atomic E-state index is 12.5. The second-order valence-corrected chi connectivity index (χ2v) is 6.74. The van der Waals surface area contributed by atoms with E-state index < -0.39 is 0 Å². The maximum Gasteiger partial charge on any atom is 0.224 e.